The summed E-state index contributed by atoms with van der Waals surface area (Å²) >= 11 is 1.16. The molecule has 0 fully saturated rings. The SMILES string of the molecule is CCCCN(C(C)=O)c1ccc2c(c1)c(-c1ccc3c(c1)OCO3)c(OC(=O)OCC)n2Cc1ccc2nsnc2c1. The lowest BCUT2D eigenvalue weighted by Gasteiger charge is -2.21. The zero-order valence-corrected chi connectivity index (χ0v) is 24.4. The van der Waals surface area contributed by atoms with Gasteiger partial charge in [-0.2, -0.15) is 8.75 Å². The number of nitrogens with zero attached hydrogens (tertiary/aromatic N) is 4. The summed E-state index contributed by atoms with van der Waals surface area (Å²) in [5, 5.41) is 0.810. The van der Waals surface area contributed by atoms with Crippen molar-refractivity contribution in [2.24, 2.45) is 0 Å². The van der Waals surface area contributed by atoms with E-state index in [0.717, 1.165) is 63.3 Å². The fraction of sp³-hybridized carbons (Fsp3) is 0.290. The van der Waals surface area contributed by atoms with E-state index in [2.05, 4.69) is 15.7 Å². The zero-order chi connectivity index (χ0) is 29.2. The second-order valence-electron chi connectivity index (χ2n) is 9.93. The molecule has 1 amide bonds. The first-order valence-corrected chi connectivity index (χ1v) is 14.6. The molecule has 5 aromatic rings. The number of hydrogen-bond acceptors (Lipinski definition) is 9. The molecule has 0 unspecified atom stereocenters. The van der Waals surface area contributed by atoms with Crippen LogP contribution in [0.1, 0.15) is 39.2 Å². The third kappa shape index (κ3) is 5.23. The molecule has 11 heteroatoms. The molecule has 0 saturated carbocycles. The van der Waals surface area contributed by atoms with Crippen LogP contribution in [0.2, 0.25) is 0 Å². The predicted octanol–water partition coefficient (Wildman–Crippen LogP) is 6.78. The van der Waals surface area contributed by atoms with Crippen LogP contribution in [-0.4, -0.2) is 45.3 Å². The Labute approximate surface area is 246 Å². The minimum Gasteiger partial charge on any atom is -0.454 e. The molecule has 0 atom stereocenters. The molecule has 1 aliphatic rings. The van der Waals surface area contributed by atoms with Crippen LogP contribution in [0.4, 0.5) is 10.5 Å². The molecule has 0 N–H and O–H groups in total. The van der Waals surface area contributed by atoms with Crippen LogP contribution < -0.4 is 19.1 Å². The third-order valence-corrected chi connectivity index (χ3v) is 7.75. The van der Waals surface area contributed by atoms with Crippen LogP contribution in [0.15, 0.2) is 54.6 Å². The Morgan fingerprint density at radius 1 is 1.00 bits per heavy atom. The average Bonchev–Trinajstić information content (AvgIpc) is 3.71. The van der Waals surface area contributed by atoms with Crippen molar-refractivity contribution in [3.63, 3.8) is 0 Å². The van der Waals surface area contributed by atoms with E-state index in [1.54, 1.807) is 18.7 Å². The lowest BCUT2D eigenvalue weighted by molar-refractivity contribution is -0.116. The standard InChI is InChI=1S/C31H30N4O6S/c1-4-6-13-34(19(3)36)22-9-11-26-23(16-22)29(21-8-12-27-28(15-21)40-18-39-27)30(41-31(37)38-5-2)35(26)17-20-7-10-24-25(14-20)33-42-32-24/h7-12,14-16H,4-6,13,17-18H2,1-3H3. The maximum Gasteiger partial charge on any atom is 0.515 e. The molecule has 1 aliphatic heterocycles. The normalized spacial score (nSPS) is 12.2. The number of amides is 1. The molecule has 0 radical (unpaired) electrons. The molecule has 3 aromatic carbocycles. The van der Waals surface area contributed by atoms with Gasteiger partial charge in [0.05, 0.1) is 36.0 Å². The predicted molar refractivity (Wildman–Crippen MR) is 161 cm³/mol. The summed E-state index contributed by atoms with van der Waals surface area (Å²) in [4.78, 5) is 27.3. The van der Waals surface area contributed by atoms with Crippen molar-refractivity contribution in [1.29, 1.82) is 0 Å². The van der Waals surface area contributed by atoms with E-state index in [1.165, 1.54) is 0 Å². The topological polar surface area (TPSA) is 105 Å². The van der Waals surface area contributed by atoms with Gasteiger partial charge in [0.1, 0.15) is 11.0 Å². The molecule has 3 heterocycles. The van der Waals surface area contributed by atoms with E-state index < -0.39 is 6.16 Å². The van der Waals surface area contributed by atoms with Gasteiger partial charge in [0.25, 0.3) is 0 Å². The van der Waals surface area contributed by atoms with Crippen LogP contribution in [0.5, 0.6) is 17.4 Å². The highest BCUT2D eigenvalue weighted by Crippen LogP contribution is 2.45. The summed E-state index contributed by atoms with van der Waals surface area (Å²) in [7, 11) is 0. The van der Waals surface area contributed by atoms with Crippen molar-refractivity contribution in [3.8, 4) is 28.5 Å². The van der Waals surface area contributed by atoms with Crippen LogP contribution in [-0.2, 0) is 16.1 Å². The average molecular weight is 587 g/mol. The van der Waals surface area contributed by atoms with Gasteiger partial charge in [-0.1, -0.05) is 25.5 Å². The van der Waals surface area contributed by atoms with E-state index in [-0.39, 0.29) is 19.3 Å². The first kappa shape index (κ1) is 27.5. The first-order valence-electron chi connectivity index (χ1n) is 13.9. The summed E-state index contributed by atoms with van der Waals surface area (Å²) in [6.45, 7) is 6.68. The Morgan fingerprint density at radius 3 is 2.64 bits per heavy atom. The second-order valence-corrected chi connectivity index (χ2v) is 10.5. The van der Waals surface area contributed by atoms with Crippen LogP contribution >= 0.6 is 11.7 Å². The summed E-state index contributed by atoms with van der Waals surface area (Å²) in [6.07, 6.45) is 1.02. The molecule has 0 saturated heterocycles. The highest BCUT2D eigenvalue weighted by molar-refractivity contribution is 7.00. The number of unbranched alkanes of at least 4 members (excludes halogenated alkanes) is 1. The van der Waals surface area contributed by atoms with Crippen molar-refractivity contribution < 1.29 is 28.5 Å². The van der Waals surface area contributed by atoms with Gasteiger partial charge < -0.3 is 28.4 Å². The molecule has 0 bridgehead atoms. The van der Waals surface area contributed by atoms with Crippen molar-refractivity contribution >= 4 is 51.4 Å². The molecule has 216 valence electrons. The number of rotatable bonds is 9. The molecule has 2 aromatic heterocycles. The lowest BCUT2D eigenvalue weighted by Crippen LogP contribution is -2.29. The number of aromatic nitrogens is 3. The van der Waals surface area contributed by atoms with Gasteiger partial charge in [-0.25, -0.2) is 4.79 Å². The van der Waals surface area contributed by atoms with Gasteiger partial charge in [-0.3, -0.25) is 4.79 Å². The number of anilines is 1. The quantitative estimate of drug-likeness (QED) is 0.174. The van der Waals surface area contributed by atoms with E-state index in [0.29, 0.717) is 36.0 Å². The van der Waals surface area contributed by atoms with E-state index in [1.807, 2.05) is 59.2 Å². The minimum absolute atomic E-state index is 0.0416. The van der Waals surface area contributed by atoms with Gasteiger partial charge in [-0.05, 0) is 66.9 Å². The highest BCUT2D eigenvalue weighted by Gasteiger charge is 2.26. The number of benzene rings is 3. The Morgan fingerprint density at radius 2 is 1.83 bits per heavy atom. The minimum atomic E-state index is -0.809. The summed E-state index contributed by atoms with van der Waals surface area (Å²) in [5.74, 6) is 1.52. The smallest absolute Gasteiger partial charge is 0.454 e. The fourth-order valence-corrected chi connectivity index (χ4v) is 5.72. The largest absolute Gasteiger partial charge is 0.515 e. The van der Waals surface area contributed by atoms with Gasteiger partial charge in [0.2, 0.25) is 18.6 Å². The summed E-state index contributed by atoms with van der Waals surface area (Å²) in [5.41, 5.74) is 5.60. The van der Waals surface area contributed by atoms with E-state index in [4.69, 9.17) is 18.9 Å². The number of fused-ring (bicyclic) bond motifs is 3. The maximum atomic E-state index is 12.8. The number of carbonyl (C=O) groups is 2. The summed E-state index contributed by atoms with van der Waals surface area (Å²) in [6, 6.07) is 17.4. The Hall–Kier alpha value is -4.64. The van der Waals surface area contributed by atoms with E-state index >= 15 is 0 Å². The van der Waals surface area contributed by atoms with Crippen molar-refractivity contribution in [1.82, 2.24) is 13.3 Å². The number of hydrogen-bond donors (Lipinski definition) is 0. The Kier molecular flexibility index (Phi) is 7.66. The Bertz CT molecular complexity index is 1800. The molecule has 0 spiro atoms. The monoisotopic (exact) mass is 586 g/mol. The van der Waals surface area contributed by atoms with Crippen molar-refractivity contribution in [2.75, 3.05) is 24.8 Å². The molecular formula is C31H30N4O6S. The Balaban J connectivity index is 1.58. The van der Waals surface area contributed by atoms with Crippen molar-refractivity contribution in [2.45, 2.75) is 40.2 Å². The molecule has 10 nitrogen and oxygen atoms in total. The first-order chi connectivity index (χ1) is 20.5. The molecule has 0 aliphatic carbocycles. The number of carbonyl (C=O) groups excluding carboxylic acids is 2. The van der Waals surface area contributed by atoms with Gasteiger partial charge in [0, 0.05) is 24.5 Å². The molecule has 42 heavy (non-hydrogen) atoms. The molecule has 6 rings (SSSR count). The lowest BCUT2D eigenvalue weighted by atomic mass is 10.0. The fourth-order valence-electron chi connectivity index (χ4n) is 5.20. The van der Waals surface area contributed by atoms with E-state index in [9.17, 15) is 9.59 Å². The van der Waals surface area contributed by atoms with Crippen LogP contribution in [0.25, 0.3) is 33.1 Å². The van der Waals surface area contributed by atoms with Crippen LogP contribution in [0.3, 0.4) is 0 Å². The maximum absolute atomic E-state index is 12.8. The highest BCUT2D eigenvalue weighted by atomic mass is 32.1. The number of ether oxygens (including phenoxy) is 4. The van der Waals surface area contributed by atoms with Gasteiger partial charge in [0.15, 0.2) is 11.5 Å². The van der Waals surface area contributed by atoms with Gasteiger partial charge >= 0.3 is 6.16 Å². The third-order valence-electron chi connectivity index (χ3n) is 7.19. The second kappa shape index (κ2) is 11.7. The van der Waals surface area contributed by atoms with Crippen molar-refractivity contribution in [3.05, 3.63) is 60.2 Å². The zero-order valence-electron chi connectivity index (χ0n) is 23.6. The summed E-state index contributed by atoms with van der Waals surface area (Å²) < 4.78 is 33.0. The van der Waals surface area contributed by atoms with Crippen LogP contribution in [0, 0.1) is 0 Å². The molecular weight excluding hydrogens is 556 g/mol. The van der Waals surface area contributed by atoms with Gasteiger partial charge in [-0.15, -0.1) is 0 Å².